The van der Waals surface area contributed by atoms with Crippen molar-refractivity contribution in [1.82, 2.24) is 4.98 Å². The van der Waals surface area contributed by atoms with Crippen LogP contribution in [0.25, 0.3) is 0 Å². The summed E-state index contributed by atoms with van der Waals surface area (Å²) in [5, 5.41) is 3.79. The molecule has 2 aromatic rings. The first-order chi connectivity index (χ1) is 9.11. The zero-order valence-electron chi connectivity index (χ0n) is 10.7. The van der Waals surface area contributed by atoms with E-state index < -0.39 is 0 Å². The summed E-state index contributed by atoms with van der Waals surface area (Å²) in [6.45, 7) is 2.05. The maximum Gasteiger partial charge on any atom is 0.152 e. The number of para-hydroxylation sites is 1. The third-order valence-corrected chi connectivity index (χ3v) is 3.52. The fourth-order valence-corrected chi connectivity index (χ4v) is 2.35. The molecule has 0 saturated heterocycles. The number of hydrogen-bond donors (Lipinski definition) is 1. The molecule has 0 aliphatic rings. The summed E-state index contributed by atoms with van der Waals surface area (Å²) in [6.07, 6.45) is 1.67. The Bertz CT molecular complexity index is 577. The van der Waals surface area contributed by atoms with Crippen molar-refractivity contribution in [2.45, 2.75) is 13.0 Å². The number of hydrogen-bond acceptors (Lipinski definition) is 3. The van der Waals surface area contributed by atoms with Crippen LogP contribution in [-0.4, -0.2) is 12.1 Å². The van der Waals surface area contributed by atoms with Crippen molar-refractivity contribution in [3.8, 4) is 5.75 Å². The van der Waals surface area contributed by atoms with Gasteiger partial charge in [-0.15, -0.1) is 0 Å². The number of nitrogens with one attached hydrogen (secondary N) is 1. The van der Waals surface area contributed by atoms with E-state index in [1.54, 1.807) is 13.3 Å². The van der Waals surface area contributed by atoms with Gasteiger partial charge in [-0.05, 0) is 35.0 Å². The second kappa shape index (κ2) is 6.26. The SMILES string of the molecule is COc1ccccc1C(C)Nc1cc(Br)cnc1Cl. The summed E-state index contributed by atoms with van der Waals surface area (Å²) in [6, 6.07) is 9.86. The Morgan fingerprint density at radius 1 is 1.37 bits per heavy atom. The fourth-order valence-electron chi connectivity index (χ4n) is 1.86. The van der Waals surface area contributed by atoms with Crippen LogP contribution in [0.1, 0.15) is 18.5 Å². The van der Waals surface area contributed by atoms with Crippen LogP contribution in [0.2, 0.25) is 5.15 Å². The predicted octanol–water partition coefficient (Wildman–Crippen LogP) is 4.68. The Morgan fingerprint density at radius 3 is 2.84 bits per heavy atom. The van der Waals surface area contributed by atoms with Crippen LogP contribution in [0.4, 0.5) is 5.69 Å². The lowest BCUT2D eigenvalue weighted by atomic mass is 10.1. The lowest BCUT2D eigenvalue weighted by Crippen LogP contribution is -2.08. The van der Waals surface area contributed by atoms with E-state index >= 15 is 0 Å². The molecule has 1 unspecified atom stereocenters. The van der Waals surface area contributed by atoms with Crippen LogP contribution >= 0.6 is 27.5 Å². The second-order valence-electron chi connectivity index (χ2n) is 4.10. The molecule has 1 atom stereocenters. The van der Waals surface area contributed by atoms with Crippen molar-refractivity contribution in [3.05, 3.63) is 51.7 Å². The van der Waals surface area contributed by atoms with Gasteiger partial charge in [0.2, 0.25) is 0 Å². The molecule has 5 heteroatoms. The molecule has 0 saturated carbocycles. The zero-order valence-corrected chi connectivity index (χ0v) is 13.0. The molecule has 1 N–H and O–H groups in total. The van der Waals surface area contributed by atoms with Gasteiger partial charge in [0.25, 0.3) is 0 Å². The van der Waals surface area contributed by atoms with Crippen LogP contribution in [0, 0.1) is 0 Å². The third-order valence-electron chi connectivity index (χ3n) is 2.78. The number of halogens is 2. The van der Waals surface area contributed by atoms with Crippen LogP contribution in [0.5, 0.6) is 5.75 Å². The van der Waals surface area contributed by atoms with Gasteiger partial charge >= 0.3 is 0 Å². The lowest BCUT2D eigenvalue weighted by Gasteiger charge is -2.18. The van der Waals surface area contributed by atoms with Gasteiger partial charge in [-0.1, -0.05) is 29.8 Å². The zero-order chi connectivity index (χ0) is 13.8. The predicted molar refractivity (Wildman–Crippen MR) is 82.0 cm³/mol. The topological polar surface area (TPSA) is 34.1 Å². The summed E-state index contributed by atoms with van der Waals surface area (Å²) in [5.74, 6) is 0.849. The lowest BCUT2D eigenvalue weighted by molar-refractivity contribution is 0.408. The molecular formula is C14H14BrClN2O. The second-order valence-corrected chi connectivity index (χ2v) is 5.37. The molecule has 0 aliphatic carbocycles. The highest BCUT2D eigenvalue weighted by Gasteiger charge is 2.12. The van der Waals surface area contributed by atoms with E-state index in [9.17, 15) is 0 Å². The van der Waals surface area contributed by atoms with E-state index in [2.05, 4.69) is 33.2 Å². The summed E-state index contributed by atoms with van der Waals surface area (Å²) < 4.78 is 6.24. The molecule has 2 rings (SSSR count). The van der Waals surface area contributed by atoms with Crippen molar-refractivity contribution in [3.63, 3.8) is 0 Å². The van der Waals surface area contributed by atoms with Crippen LogP contribution in [-0.2, 0) is 0 Å². The number of anilines is 1. The first-order valence-corrected chi connectivity index (χ1v) is 6.99. The van der Waals surface area contributed by atoms with Crippen LogP contribution < -0.4 is 10.1 Å². The van der Waals surface area contributed by atoms with E-state index in [4.69, 9.17) is 16.3 Å². The number of nitrogens with zero attached hydrogens (tertiary/aromatic N) is 1. The maximum atomic E-state index is 6.08. The highest BCUT2D eigenvalue weighted by Crippen LogP contribution is 2.30. The third kappa shape index (κ3) is 3.39. The number of rotatable bonds is 4. The van der Waals surface area contributed by atoms with E-state index in [1.807, 2.05) is 30.3 Å². The van der Waals surface area contributed by atoms with Crippen molar-refractivity contribution in [1.29, 1.82) is 0 Å². The molecule has 0 bridgehead atoms. The smallest absolute Gasteiger partial charge is 0.152 e. The molecule has 0 amide bonds. The molecule has 1 heterocycles. The molecule has 0 radical (unpaired) electrons. The molecule has 1 aromatic carbocycles. The first kappa shape index (κ1) is 14.2. The minimum atomic E-state index is 0.0600. The van der Waals surface area contributed by atoms with E-state index in [1.165, 1.54) is 0 Å². The number of methoxy groups -OCH3 is 1. The molecule has 0 spiro atoms. The quantitative estimate of drug-likeness (QED) is 0.820. The molecule has 100 valence electrons. The molecule has 0 aliphatic heterocycles. The van der Waals surface area contributed by atoms with E-state index in [0.29, 0.717) is 5.15 Å². The number of aromatic nitrogens is 1. The normalized spacial score (nSPS) is 12.0. The van der Waals surface area contributed by atoms with E-state index in [-0.39, 0.29) is 6.04 Å². The summed E-state index contributed by atoms with van der Waals surface area (Å²) in [7, 11) is 1.67. The average Bonchev–Trinajstić information content (AvgIpc) is 2.42. The van der Waals surface area contributed by atoms with Crippen molar-refractivity contribution >= 4 is 33.2 Å². The Labute approximate surface area is 126 Å². The fraction of sp³-hybridized carbons (Fsp3) is 0.214. The Morgan fingerprint density at radius 2 is 2.11 bits per heavy atom. The Hall–Kier alpha value is -1.26. The maximum absolute atomic E-state index is 6.08. The first-order valence-electron chi connectivity index (χ1n) is 5.82. The van der Waals surface area contributed by atoms with Crippen molar-refractivity contribution in [2.75, 3.05) is 12.4 Å². The molecule has 0 fully saturated rings. The average molecular weight is 342 g/mol. The van der Waals surface area contributed by atoms with Crippen molar-refractivity contribution in [2.24, 2.45) is 0 Å². The standard InChI is InChI=1S/C14H14BrClN2O/c1-9(11-5-3-4-6-13(11)19-2)18-12-7-10(15)8-17-14(12)16/h3-9,18H,1-2H3. The minimum Gasteiger partial charge on any atom is -0.496 e. The monoisotopic (exact) mass is 340 g/mol. The van der Waals surface area contributed by atoms with Gasteiger partial charge in [-0.3, -0.25) is 0 Å². The Kier molecular flexibility index (Phi) is 4.66. The summed E-state index contributed by atoms with van der Waals surface area (Å²) in [5.41, 5.74) is 1.86. The van der Waals surface area contributed by atoms with Crippen molar-refractivity contribution < 1.29 is 4.74 Å². The highest BCUT2D eigenvalue weighted by atomic mass is 79.9. The summed E-state index contributed by atoms with van der Waals surface area (Å²) >= 11 is 9.46. The Balaban J connectivity index is 2.25. The van der Waals surface area contributed by atoms with E-state index in [0.717, 1.165) is 21.5 Å². The number of benzene rings is 1. The minimum absolute atomic E-state index is 0.0600. The van der Waals surface area contributed by atoms with Crippen LogP contribution in [0.3, 0.4) is 0 Å². The van der Waals surface area contributed by atoms with Gasteiger partial charge in [0.15, 0.2) is 5.15 Å². The van der Waals surface area contributed by atoms with Gasteiger partial charge in [0.05, 0.1) is 18.8 Å². The van der Waals surface area contributed by atoms with Gasteiger partial charge in [0, 0.05) is 16.2 Å². The number of pyridine rings is 1. The molecule has 3 nitrogen and oxygen atoms in total. The molecule has 1 aromatic heterocycles. The highest BCUT2D eigenvalue weighted by molar-refractivity contribution is 9.10. The largest absolute Gasteiger partial charge is 0.496 e. The van der Waals surface area contributed by atoms with Gasteiger partial charge < -0.3 is 10.1 Å². The van der Waals surface area contributed by atoms with Gasteiger partial charge in [-0.25, -0.2) is 4.98 Å². The van der Waals surface area contributed by atoms with Gasteiger partial charge in [0.1, 0.15) is 5.75 Å². The summed E-state index contributed by atoms with van der Waals surface area (Å²) in [4.78, 5) is 4.09. The molecular weight excluding hydrogens is 328 g/mol. The number of ether oxygens (including phenoxy) is 1. The van der Waals surface area contributed by atoms with Crippen LogP contribution in [0.15, 0.2) is 41.0 Å². The van der Waals surface area contributed by atoms with Gasteiger partial charge in [-0.2, -0.15) is 0 Å². The molecule has 19 heavy (non-hydrogen) atoms.